The summed E-state index contributed by atoms with van der Waals surface area (Å²) >= 11 is 1.64. The van der Waals surface area contributed by atoms with Crippen LogP contribution in [0.25, 0.3) is 0 Å². The topological polar surface area (TPSA) is 36.4 Å². The molecule has 1 fully saturated rings. The average Bonchev–Trinajstić information content (AvgIpc) is 3.27. The first-order chi connectivity index (χ1) is 10.5. The van der Waals surface area contributed by atoms with Gasteiger partial charge in [0.15, 0.2) is 0 Å². The molecule has 0 saturated heterocycles. The van der Waals surface area contributed by atoms with E-state index in [1.165, 1.54) is 0 Å². The summed E-state index contributed by atoms with van der Waals surface area (Å²) in [5.74, 6) is 0.108. The predicted molar refractivity (Wildman–Crippen MR) is 90.5 cm³/mol. The highest BCUT2D eigenvalue weighted by atomic mass is 32.1. The third-order valence-electron chi connectivity index (χ3n) is 3.86. The highest BCUT2D eigenvalue weighted by molar-refractivity contribution is 7.09. The van der Waals surface area contributed by atoms with Gasteiger partial charge in [-0.1, -0.05) is 6.07 Å². The molecule has 116 valence electrons. The predicted octanol–water partition coefficient (Wildman–Crippen LogP) is 3.32. The highest BCUT2D eigenvalue weighted by Gasteiger charge is 2.33. The first kappa shape index (κ1) is 15.0. The van der Waals surface area contributed by atoms with Crippen LogP contribution in [-0.2, 0) is 6.54 Å². The number of benzene rings is 1. The number of carbonyl (C=O) groups is 1. The molecule has 1 saturated carbocycles. The number of hydrogen-bond acceptors (Lipinski definition) is 4. The molecule has 0 N–H and O–H groups in total. The van der Waals surface area contributed by atoms with Gasteiger partial charge in [-0.15, -0.1) is 11.3 Å². The molecule has 3 rings (SSSR count). The van der Waals surface area contributed by atoms with Gasteiger partial charge in [0.05, 0.1) is 17.2 Å². The molecule has 1 heterocycles. The normalized spacial score (nSPS) is 14.0. The Morgan fingerprint density at radius 3 is 2.73 bits per heavy atom. The van der Waals surface area contributed by atoms with E-state index in [0.29, 0.717) is 12.6 Å². The fourth-order valence-corrected chi connectivity index (χ4v) is 3.10. The van der Waals surface area contributed by atoms with Crippen LogP contribution in [0.5, 0.6) is 0 Å². The van der Waals surface area contributed by atoms with Crippen molar-refractivity contribution in [2.24, 2.45) is 0 Å². The first-order valence-electron chi connectivity index (χ1n) is 7.54. The molecule has 0 aliphatic heterocycles. The van der Waals surface area contributed by atoms with Gasteiger partial charge in [-0.05, 0) is 38.0 Å². The molecule has 0 bridgehead atoms. The van der Waals surface area contributed by atoms with E-state index in [-0.39, 0.29) is 5.91 Å². The molecule has 0 spiro atoms. The van der Waals surface area contributed by atoms with E-state index >= 15 is 0 Å². The maximum Gasteiger partial charge on any atom is 0.254 e. The summed E-state index contributed by atoms with van der Waals surface area (Å²) in [6.07, 6.45) is 2.20. The van der Waals surface area contributed by atoms with Crippen LogP contribution in [0.15, 0.2) is 29.6 Å². The molecule has 1 aromatic carbocycles. The van der Waals surface area contributed by atoms with Crippen molar-refractivity contribution >= 4 is 22.9 Å². The van der Waals surface area contributed by atoms with Crippen molar-refractivity contribution in [1.82, 2.24) is 9.88 Å². The number of rotatable bonds is 5. The molecule has 1 aliphatic rings. The fraction of sp³-hybridized carbons (Fsp3) is 0.412. The van der Waals surface area contributed by atoms with Crippen molar-refractivity contribution < 1.29 is 4.79 Å². The van der Waals surface area contributed by atoms with Gasteiger partial charge >= 0.3 is 0 Å². The number of nitrogens with zero attached hydrogens (tertiary/aromatic N) is 3. The van der Waals surface area contributed by atoms with E-state index in [1.807, 2.05) is 60.5 Å². The average molecular weight is 315 g/mol. The fourth-order valence-electron chi connectivity index (χ4n) is 2.49. The lowest BCUT2D eigenvalue weighted by molar-refractivity contribution is 0.0728. The lowest BCUT2D eigenvalue weighted by Gasteiger charge is -2.22. The molecule has 5 heteroatoms. The van der Waals surface area contributed by atoms with Gasteiger partial charge < -0.3 is 9.80 Å². The summed E-state index contributed by atoms with van der Waals surface area (Å²) in [5, 5.41) is 3.10. The Labute approximate surface area is 135 Å². The molecular weight excluding hydrogens is 294 g/mol. The van der Waals surface area contributed by atoms with Gasteiger partial charge in [0.25, 0.3) is 5.91 Å². The minimum atomic E-state index is 0.108. The van der Waals surface area contributed by atoms with Crippen LogP contribution in [0.3, 0.4) is 0 Å². The molecule has 22 heavy (non-hydrogen) atoms. The van der Waals surface area contributed by atoms with Crippen molar-refractivity contribution in [2.45, 2.75) is 32.4 Å². The van der Waals surface area contributed by atoms with Gasteiger partial charge in [0, 0.05) is 36.8 Å². The Bertz CT molecular complexity index is 676. The van der Waals surface area contributed by atoms with Crippen LogP contribution in [0, 0.1) is 6.92 Å². The summed E-state index contributed by atoms with van der Waals surface area (Å²) in [6.45, 7) is 2.61. The van der Waals surface area contributed by atoms with E-state index in [1.54, 1.807) is 11.3 Å². The van der Waals surface area contributed by atoms with E-state index < -0.39 is 0 Å². The van der Waals surface area contributed by atoms with E-state index in [4.69, 9.17) is 0 Å². The van der Waals surface area contributed by atoms with E-state index in [0.717, 1.165) is 34.8 Å². The van der Waals surface area contributed by atoms with Crippen molar-refractivity contribution in [3.63, 3.8) is 0 Å². The molecular formula is C17H21N3OS. The number of carbonyl (C=O) groups excluding carboxylic acids is 1. The van der Waals surface area contributed by atoms with Crippen molar-refractivity contribution in [2.75, 3.05) is 19.0 Å². The zero-order chi connectivity index (χ0) is 15.7. The molecule has 1 aromatic heterocycles. The second-order valence-electron chi connectivity index (χ2n) is 5.97. The van der Waals surface area contributed by atoms with Gasteiger partial charge in [-0.25, -0.2) is 4.98 Å². The van der Waals surface area contributed by atoms with Crippen molar-refractivity contribution in [1.29, 1.82) is 0 Å². The SMILES string of the molecule is Cc1nc(CN(C(=O)c2cccc(N(C)C)c2)C2CC2)cs1. The molecule has 0 radical (unpaired) electrons. The third kappa shape index (κ3) is 3.30. The number of aromatic nitrogens is 1. The van der Waals surface area contributed by atoms with Gasteiger partial charge in [0.2, 0.25) is 0 Å². The molecule has 1 aliphatic carbocycles. The highest BCUT2D eigenvalue weighted by Crippen LogP contribution is 2.30. The van der Waals surface area contributed by atoms with Crippen LogP contribution in [0.4, 0.5) is 5.69 Å². The van der Waals surface area contributed by atoms with Crippen molar-refractivity contribution in [3.05, 3.63) is 45.9 Å². The van der Waals surface area contributed by atoms with Crippen LogP contribution in [-0.4, -0.2) is 35.9 Å². The van der Waals surface area contributed by atoms with Crippen LogP contribution >= 0.6 is 11.3 Å². The Kier molecular flexibility index (Phi) is 4.16. The molecule has 2 aromatic rings. The number of hydrogen-bond donors (Lipinski definition) is 0. The quantitative estimate of drug-likeness (QED) is 0.849. The number of thiazole rings is 1. The maximum atomic E-state index is 12.9. The van der Waals surface area contributed by atoms with Crippen LogP contribution < -0.4 is 4.90 Å². The minimum Gasteiger partial charge on any atom is -0.378 e. The maximum absolute atomic E-state index is 12.9. The molecule has 4 nitrogen and oxygen atoms in total. The van der Waals surface area contributed by atoms with Crippen LogP contribution in [0.1, 0.15) is 33.9 Å². The summed E-state index contributed by atoms with van der Waals surface area (Å²) in [4.78, 5) is 21.4. The molecule has 1 amide bonds. The summed E-state index contributed by atoms with van der Waals surface area (Å²) in [6, 6.07) is 8.20. The largest absolute Gasteiger partial charge is 0.378 e. The third-order valence-corrected chi connectivity index (χ3v) is 4.68. The molecule has 0 unspecified atom stereocenters. The van der Waals surface area contributed by atoms with Crippen molar-refractivity contribution in [3.8, 4) is 0 Å². The zero-order valence-corrected chi connectivity index (χ0v) is 14.1. The number of anilines is 1. The Morgan fingerprint density at radius 2 is 2.14 bits per heavy atom. The summed E-state index contributed by atoms with van der Waals surface area (Å²) in [5.41, 5.74) is 2.79. The molecule has 0 atom stereocenters. The second kappa shape index (κ2) is 6.08. The van der Waals surface area contributed by atoms with Gasteiger partial charge in [-0.3, -0.25) is 4.79 Å². The number of aryl methyl sites for hydroxylation is 1. The van der Waals surface area contributed by atoms with Crippen LogP contribution in [0.2, 0.25) is 0 Å². The minimum absolute atomic E-state index is 0.108. The smallest absolute Gasteiger partial charge is 0.254 e. The second-order valence-corrected chi connectivity index (χ2v) is 7.03. The van der Waals surface area contributed by atoms with E-state index in [9.17, 15) is 4.79 Å². The standard InChI is InChI=1S/C17H21N3OS/c1-12-18-14(11-22-12)10-20(15-7-8-15)17(21)13-5-4-6-16(9-13)19(2)3/h4-6,9,11,15H,7-8,10H2,1-3H3. The zero-order valence-electron chi connectivity index (χ0n) is 13.2. The van der Waals surface area contributed by atoms with Gasteiger partial charge in [-0.2, -0.15) is 0 Å². The Morgan fingerprint density at radius 1 is 1.36 bits per heavy atom. The Balaban J connectivity index is 1.82. The summed E-state index contributed by atoms with van der Waals surface area (Å²) < 4.78 is 0. The first-order valence-corrected chi connectivity index (χ1v) is 8.42. The van der Waals surface area contributed by atoms with E-state index in [2.05, 4.69) is 4.98 Å². The summed E-state index contributed by atoms with van der Waals surface area (Å²) in [7, 11) is 3.97. The lowest BCUT2D eigenvalue weighted by atomic mass is 10.1. The Hall–Kier alpha value is -1.88. The monoisotopic (exact) mass is 315 g/mol. The number of amides is 1. The lowest BCUT2D eigenvalue weighted by Crippen LogP contribution is -2.32. The van der Waals surface area contributed by atoms with Gasteiger partial charge in [0.1, 0.15) is 0 Å².